The van der Waals surface area contributed by atoms with Crippen LogP contribution in [0.2, 0.25) is 0 Å². The molecule has 0 bridgehead atoms. The van der Waals surface area contributed by atoms with E-state index in [2.05, 4.69) is 10.2 Å². The number of carbonyl (C=O) groups is 2. The summed E-state index contributed by atoms with van der Waals surface area (Å²) < 4.78 is 5.39. The molecule has 7 nitrogen and oxygen atoms in total. The van der Waals surface area contributed by atoms with Crippen molar-refractivity contribution in [3.8, 4) is 0 Å². The number of methoxy groups -OCH3 is 1. The SMILES string of the molecule is COC1CCN(c2ccc(NC3=CC(=O)N(CCO)C3=O)cc2)CC1. The lowest BCUT2D eigenvalue weighted by atomic mass is 10.1. The van der Waals surface area contributed by atoms with E-state index in [1.807, 2.05) is 24.3 Å². The molecule has 0 spiro atoms. The molecule has 2 aliphatic rings. The summed E-state index contributed by atoms with van der Waals surface area (Å²) in [6.45, 7) is 1.68. The van der Waals surface area contributed by atoms with Gasteiger partial charge in [0.2, 0.25) is 0 Å². The van der Waals surface area contributed by atoms with Crippen LogP contribution in [-0.2, 0) is 14.3 Å². The Morgan fingerprint density at radius 2 is 1.88 bits per heavy atom. The zero-order valence-corrected chi connectivity index (χ0v) is 14.3. The highest BCUT2D eigenvalue weighted by Gasteiger charge is 2.30. The van der Waals surface area contributed by atoms with Crippen LogP contribution in [0.25, 0.3) is 0 Å². The smallest absolute Gasteiger partial charge is 0.277 e. The number of benzene rings is 1. The fourth-order valence-electron chi connectivity index (χ4n) is 3.17. The predicted octanol–water partition coefficient (Wildman–Crippen LogP) is 0.959. The van der Waals surface area contributed by atoms with E-state index < -0.39 is 11.8 Å². The van der Waals surface area contributed by atoms with Gasteiger partial charge in [0.1, 0.15) is 5.70 Å². The molecule has 1 aromatic carbocycles. The minimum Gasteiger partial charge on any atom is -0.395 e. The number of anilines is 2. The van der Waals surface area contributed by atoms with Crippen molar-refractivity contribution in [2.75, 3.05) is 43.6 Å². The number of rotatable bonds is 6. The third-order valence-corrected chi connectivity index (χ3v) is 4.62. The van der Waals surface area contributed by atoms with Crippen LogP contribution in [0.1, 0.15) is 12.8 Å². The number of aliphatic hydroxyl groups excluding tert-OH is 1. The number of amides is 2. The Morgan fingerprint density at radius 3 is 2.48 bits per heavy atom. The van der Waals surface area contributed by atoms with E-state index in [9.17, 15) is 9.59 Å². The van der Waals surface area contributed by atoms with Crippen molar-refractivity contribution in [3.05, 3.63) is 36.0 Å². The highest BCUT2D eigenvalue weighted by molar-refractivity contribution is 6.17. The Labute approximate surface area is 146 Å². The van der Waals surface area contributed by atoms with Gasteiger partial charge in [-0.25, -0.2) is 0 Å². The standard InChI is InChI=1S/C18H23N3O4/c1-25-15-6-8-20(9-7-15)14-4-2-13(3-5-14)19-16-12-17(23)21(10-11-22)18(16)24/h2-5,12,15,19,22H,6-11H2,1H3. The highest BCUT2D eigenvalue weighted by Crippen LogP contribution is 2.24. The van der Waals surface area contributed by atoms with Gasteiger partial charge < -0.3 is 20.1 Å². The summed E-state index contributed by atoms with van der Waals surface area (Å²) in [7, 11) is 1.76. The van der Waals surface area contributed by atoms with Crippen LogP contribution in [0.3, 0.4) is 0 Å². The van der Waals surface area contributed by atoms with Crippen molar-refractivity contribution in [3.63, 3.8) is 0 Å². The number of carbonyl (C=O) groups excluding carboxylic acids is 2. The van der Waals surface area contributed by atoms with Crippen molar-refractivity contribution in [2.45, 2.75) is 18.9 Å². The summed E-state index contributed by atoms with van der Waals surface area (Å²) in [5.74, 6) is -0.816. The first-order valence-corrected chi connectivity index (χ1v) is 8.45. The topological polar surface area (TPSA) is 82.1 Å². The Bertz CT molecular complexity index is 663. The van der Waals surface area contributed by atoms with Gasteiger partial charge in [0.05, 0.1) is 19.3 Å². The van der Waals surface area contributed by atoms with Gasteiger partial charge in [-0.1, -0.05) is 0 Å². The van der Waals surface area contributed by atoms with Crippen LogP contribution < -0.4 is 10.2 Å². The number of imide groups is 1. The molecule has 0 atom stereocenters. The molecule has 1 saturated heterocycles. The predicted molar refractivity (Wildman–Crippen MR) is 94.2 cm³/mol. The quantitative estimate of drug-likeness (QED) is 0.748. The first-order valence-electron chi connectivity index (χ1n) is 8.45. The van der Waals surface area contributed by atoms with Crippen LogP contribution in [-0.4, -0.2) is 61.3 Å². The maximum atomic E-state index is 12.1. The third-order valence-electron chi connectivity index (χ3n) is 4.62. The van der Waals surface area contributed by atoms with Gasteiger partial charge in [-0.15, -0.1) is 0 Å². The first kappa shape index (κ1) is 17.4. The lowest BCUT2D eigenvalue weighted by Crippen LogP contribution is -2.36. The Balaban J connectivity index is 1.61. The lowest BCUT2D eigenvalue weighted by molar-refractivity contribution is -0.137. The molecule has 0 saturated carbocycles. The van der Waals surface area contributed by atoms with Crippen molar-refractivity contribution in [1.29, 1.82) is 0 Å². The molecule has 2 N–H and O–H groups in total. The zero-order chi connectivity index (χ0) is 17.8. The number of nitrogens with one attached hydrogen (secondary N) is 1. The summed E-state index contributed by atoms with van der Waals surface area (Å²) >= 11 is 0. The van der Waals surface area contributed by atoms with Crippen LogP contribution >= 0.6 is 0 Å². The molecule has 1 fully saturated rings. The second kappa shape index (κ2) is 7.67. The molecule has 25 heavy (non-hydrogen) atoms. The number of ether oxygens (including phenoxy) is 1. The molecular formula is C18H23N3O4. The molecular weight excluding hydrogens is 322 g/mol. The van der Waals surface area contributed by atoms with Crippen molar-refractivity contribution >= 4 is 23.2 Å². The van der Waals surface area contributed by atoms with Crippen molar-refractivity contribution in [1.82, 2.24) is 4.90 Å². The number of hydrogen-bond acceptors (Lipinski definition) is 6. The molecule has 0 aliphatic carbocycles. The van der Waals surface area contributed by atoms with E-state index in [1.165, 1.54) is 6.08 Å². The number of β-amino-alcohol motifs (C(OH)–C–C–N with tert-alkyl or cyclic N) is 1. The Hall–Kier alpha value is -2.38. The number of hydrogen-bond donors (Lipinski definition) is 2. The number of aliphatic hydroxyl groups is 1. The molecule has 0 aromatic heterocycles. The van der Waals surface area contributed by atoms with Crippen LogP contribution in [0.4, 0.5) is 11.4 Å². The second-order valence-electron chi connectivity index (χ2n) is 6.17. The number of piperidine rings is 1. The molecule has 134 valence electrons. The monoisotopic (exact) mass is 345 g/mol. The van der Waals surface area contributed by atoms with Gasteiger partial charge in [0.25, 0.3) is 11.8 Å². The van der Waals surface area contributed by atoms with E-state index in [4.69, 9.17) is 9.84 Å². The molecule has 2 aliphatic heterocycles. The normalized spacial score (nSPS) is 18.7. The third kappa shape index (κ3) is 3.83. The van der Waals surface area contributed by atoms with E-state index >= 15 is 0 Å². The molecule has 0 radical (unpaired) electrons. The van der Waals surface area contributed by atoms with Gasteiger partial charge >= 0.3 is 0 Å². The first-order chi connectivity index (χ1) is 12.1. The number of nitrogens with zero attached hydrogens (tertiary/aromatic N) is 2. The van der Waals surface area contributed by atoms with E-state index in [1.54, 1.807) is 7.11 Å². The molecule has 3 rings (SSSR count). The zero-order valence-electron chi connectivity index (χ0n) is 14.3. The van der Waals surface area contributed by atoms with Gasteiger partial charge in [-0.2, -0.15) is 0 Å². The minimum atomic E-state index is -0.412. The maximum Gasteiger partial charge on any atom is 0.277 e. The summed E-state index contributed by atoms with van der Waals surface area (Å²) in [6.07, 6.45) is 3.64. The van der Waals surface area contributed by atoms with Crippen LogP contribution in [0, 0.1) is 0 Å². The van der Waals surface area contributed by atoms with Gasteiger partial charge in [-0.05, 0) is 37.1 Å². The molecule has 1 aromatic rings. The van der Waals surface area contributed by atoms with E-state index in [-0.39, 0.29) is 18.8 Å². The highest BCUT2D eigenvalue weighted by atomic mass is 16.5. The van der Waals surface area contributed by atoms with Gasteiger partial charge in [0.15, 0.2) is 0 Å². The fourth-order valence-corrected chi connectivity index (χ4v) is 3.17. The molecule has 7 heteroatoms. The summed E-state index contributed by atoms with van der Waals surface area (Å²) in [4.78, 5) is 27.2. The fraction of sp³-hybridized carbons (Fsp3) is 0.444. The van der Waals surface area contributed by atoms with Crippen molar-refractivity contribution < 1.29 is 19.4 Å². The lowest BCUT2D eigenvalue weighted by Gasteiger charge is -2.33. The van der Waals surface area contributed by atoms with Gasteiger partial charge in [-0.3, -0.25) is 14.5 Å². The summed E-state index contributed by atoms with van der Waals surface area (Å²) in [5, 5.41) is 11.9. The largest absolute Gasteiger partial charge is 0.395 e. The summed E-state index contributed by atoms with van der Waals surface area (Å²) in [5.41, 5.74) is 2.10. The van der Waals surface area contributed by atoms with Crippen LogP contribution in [0.5, 0.6) is 0 Å². The molecule has 0 unspecified atom stereocenters. The van der Waals surface area contributed by atoms with Crippen LogP contribution in [0.15, 0.2) is 36.0 Å². The van der Waals surface area contributed by atoms with Crippen molar-refractivity contribution in [2.24, 2.45) is 0 Å². The van der Waals surface area contributed by atoms with E-state index in [0.29, 0.717) is 6.10 Å². The Kier molecular flexibility index (Phi) is 5.35. The summed E-state index contributed by atoms with van der Waals surface area (Å²) in [6, 6.07) is 7.79. The van der Waals surface area contributed by atoms with E-state index in [0.717, 1.165) is 42.2 Å². The average molecular weight is 345 g/mol. The molecule has 2 heterocycles. The molecule has 2 amide bonds. The van der Waals surface area contributed by atoms with Gasteiger partial charge in [0, 0.05) is 37.7 Å². The average Bonchev–Trinajstić information content (AvgIpc) is 2.90. The Morgan fingerprint density at radius 1 is 1.20 bits per heavy atom. The minimum absolute atomic E-state index is 0.00964. The second-order valence-corrected chi connectivity index (χ2v) is 6.17. The maximum absolute atomic E-state index is 12.1.